The molecular formula is C25H28N+. The summed E-state index contributed by atoms with van der Waals surface area (Å²) in [4.78, 5) is 0. The highest BCUT2D eigenvalue weighted by atomic mass is 14.9. The number of nitrogens with zero attached hydrogens (tertiary/aromatic N) is 1. The summed E-state index contributed by atoms with van der Waals surface area (Å²) in [5.74, 6) is -1.69. The van der Waals surface area contributed by atoms with Gasteiger partial charge < -0.3 is 0 Å². The lowest BCUT2D eigenvalue weighted by Gasteiger charge is -2.25. The largest absolute Gasteiger partial charge is 0.213 e. The molecule has 0 aliphatic heterocycles. The van der Waals surface area contributed by atoms with Gasteiger partial charge in [-0.2, -0.15) is 0 Å². The summed E-state index contributed by atoms with van der Waals surface area (Å²) >= 11 is 0. The summed E-state index contributed by atoms with van der Waals surface area (Å²) in [5.41, 5.74) is 7.97. The number of rotatable bonds is 2. The maximum atomic E-state index is 8.80. The van der Waals surface area contributed by atoms with Crippen LogP contribution in [0.4, 0.5) is 0 Å². The molecule has 1 aliphatic rings. The molecule has 0 radical (unpaired) electrons. The average Bonchev–Trinajstić information content (AvgIpc) is 2.89. The van der Waals surface area contributed by atoms with Crippen LogP contribution in [0.5, 0.6) is 0 Å². The van der Waals surface area contributed by atoms with Crippen molar-refractivity contribution in [3.63, 3.8) is 0 Å². The molecule has 0 bridgehead atoms. The van der Waals surface area contributed by atoms with Crippen LogP contribution >= 0.6 is 0 Å². The third-order valence-electron chi connectivity index (χ3n) is 5.76. The van der Waals surface area contributed by atoms with Crippen LogP contribution in [0.25, 0.3) is 22.4 Å². The van der Waals surface area contributed by atoms with E-state index in [-0.39, 0.29) is 0 Å². The normalized spacial score (nSPS) is 19.4. The summed E-state index contributed by atoms with van der Waals surface area (Å²) in [6.45, 7) is 5.49. The van der Waals surface area contributed by atoms with Crippen molar-refractivity contribution in [3.8, 4) is 22.4 Å². The first-order valence-electron chi connectivity index (χ1n) is 11.1. The molecule has 26 heavy (non-hydrogen) atoms. The number of pyridine rings is 1. The molecule has 0 amide bonds. The summed E-state index contributed by atoms with van der Waals surface area (Å²) in [6.07, 6.45) is 2.04. The van der Waals surface area contributed by atoms with Gasteiger partial charge in [0.2, 0.25) is 5.69 Å². The average molecular weight is 347 g/mol. The second-order valence-electron chi connectivity index (χ2n) is 7.85. The van der Waals surface area contributed by atoms with E-state index in [1.165, 1.54) is 23.6 Å². The highest BCUT2D eigenvalue weighted by Crippen LogP contribution is 2.54. The van der Waals surface area contributed by atoms with Gasteiger partial charge in [0.1, 0.15) is 7.05 Å². The second-order valence-corrected chi connectivity index (χ2v) is 7.85. The minimum absolute atomic E-state index is 0.398. The van der Waals surface area contributed by atoms with Crippen LogP contribution in [0.2, 0.25) is 0 Å². The van der Waals surface area contributed by atoms with E-state index < -0.39 is 18.2 Å². The molecule has 1 atom stereocenters. The van der Waals surface area contributed by atoms with E-state index in [0.29, 0.717) is 5.56 Å². The molecule has 1 heteroatoms. The molecule has 1 heterocycles. The van der Waals surface area contributed by atoms with Gasteiger partial charge in [0.05, 0.1) is 5.56 Å². The van der Waals surface area contributed by atoms with Crippen molar-refractivity contribution < 1.29 is 10.1 Å². The van der Waals surface area contributed by atoms with Gasteiger partial charge in [-0.1, -0.05) is 58.0 Å². The predicted octanol–water partition coefficient (Wildman–Crippen LogP) is 5.92. The molecule has 0 N–H and O–H groups in total. The first-order chi connectivity index (χ1) is 13.9. The Morgan fingerprint density at radius 3 is 2.58 bits per heavy atom. The predicted molar refractivity (Wildman–Crippen MR) is 109 cm³/mol. The molecule has 4 rings (SSSR count). The molecule has 1 nitrogen and oxygen atoms in total. The van der Waals surface area contributed by atoms with Gasteiger partial charge in [-0.3, -0.25) is 0 Å². The molecule has 2 aromatic carbocycles. The number of benzene rings is 2. The molecular weight excluding hydrogens is 314 g/mol. The highest BCUT2D eigenvalue weighted by molar-refractivity contribution is 5.93. The minimum Gasteiger partial charge on any atom is -0.201 e. The number of hydrogen-bond donors (Lipinski definition) is 0. The smallest absolute Gasteiger partial charge is 0.201 e. The fourth-order valence-corrected chi connectivity index (χ4v) is 4.50. The number of hydrogen-bond acceptors (Lipinski definition) is 0. The molecule has 0 spiro atoms. The van der Waals surface area contributed by atoms with Crippen molar-refractivity contribution in [1.29, 1.82) is 0 Å². The van der Waals surface area contributed by atoms with E-state index in [9.17, 15) is 0 Å². The Morgan fingerprint density at radius 2 is 1.85 bits per heavy atom. The van der Waals surface area contributed by atoms with Crippen LogP contribution in [-0.4, -0.2) is 0 Å². The lowest BCUT2D eigenvalue weighted by atomic mass is 9.78. The topological polar surface area (TPSA) is 3.88 Å². The Morgan fingerprint density at radius 1 is 1.04 bits per heavy atom. The zero-order valence-electron chi connectivity index (χ0n) is 20.1. The van der Waals surface area contributed by atoms with Gasteiger partial charge in [-0.25, -0.2) is 4.57 Å². The van der Waals surface area contributed by atoms with Gasteiger partial charge in [0, 0.05) is 28.6 Å². The monoisotopic (exact) mass is 346 g/mol. The molecule has 0 saturated heterocycles. The second kappa shape index (κ2) is 5.81. The van der Waals surface area contributed by atoms with Gasteiger partial charge in [0.15, 0.2) is 6.20 Å². The van der Waals surface area contributed by atoms with Crippen molar-refractivity contribution in [2.75, 3.05) is 0 Å². The van der Waals surface area contributed by atoms with Crippen molar-refractivity contribution in [1.82, 2.24) is 0 Å². The fraction of sp³-hybridized carbons (Fsp3) is 0.320. The van der Waals surface area contributed by atoms with Crippen molar-refractivity contribution in [2.24, 2.45) is 7.05 Å². The molecule has 1 aliphatic carbocycles. The van der Waals surface area contributed by atoms with Crippen LogP contribution in [0.1, 0.15) is 61.3 Å². The Hall–Kier alpha value is -2.41. The quantitative estimate of drug-likeness (QED) is 0.507. The van der Waals surface area contributed by atoms with Crippen LogP contribution < -0.4 is 4.57 Å². The fourth-order valence-electron chi connectivity index (χ4n) is 4.50. The van der Waals surface area contributed by atoms with Crippen molar-refractivity contribution >= 4 is 0 Å². The van der Waals surface area contributed by atoms with Gasteiger partial charge in [-0.05, 0) is 46.7 Å². The molecule has 0 fully saturated rings. The number of aryl methyl sites for hydroxylation is 2. The van der Waals surface area contributed by atoms with Crippen LogP contribution in [0.15, 0.2) is 54.7 Å². The maximum Gasteiger partial charge on any atom is 0.213 e. The molecule has 0 saturated carbocycles. The van der Waals surface area contributed by atoms with E-state index in [2.05, 4.69) is 49.6 Å². The van der Waals surface area contributed by atoms with E-state index in [1.54, 1.807) is 0 Å². The summed E-state index contributed by atoms with van der Waals surface area (Å²) in [7, 11) is 2.04. The van der Waals surface area contributed by atoms with Crippen LogP contribution in [-0.2, 0) is 12.5 Å². The van der Waals surface area contributed by atoms with E-state index in [1.807, 2.05) is 37.5 Å². The van der Waals surface area contributed by atoms with E-state index in [0.717, 1.165) is 22.4 Å². The Bertz CT molecular complexity index is 1160. The lowest BCUT2D eigenvalue weighted by Crippen LogP contribution is -2.30. The highest BCUT2D eigenvalue weighted by Gasteiger charge is 2.40. The zero-order chi connectivity index (χ0) is 22.1. The Kier molecular flexibility index (Phi) is 2.87. The standard InChI is InChI=1S/C25H28N/c1-16(2)18-10-9-11-19-23-20(25(4,5)24(18)19)14-13-17(3)22(23)21-12-7-8-15-26(21)6/h7-16H,1-6H3/q+1/i1D3,16D. The molecule has 132 valence electrons. The third kappa shape index (κ3) is 2.26. The first-order valence-corrected chi connectivity index (χ1v) is 9.12. The SMILES string of the molecule is [2H]C([2H])([2H])C([2H])(C)c1cccc2c1C(C)(C)c1ccc(C)c(-c3cccc[n+]3C)c1-2. The maximum absolute atomic E-state index is 8.80. The minimum atomic E-state index is -2.42. The van der Waals surface area contributed by atoms with Crippen LogP contribution in [0.3, 0.4) is 0 Å². The first kappa shape index (κ1) is 12.9. The summed E-state index contributed by atoms with van der Waals surface area (Å²) in [5, 5.41) is 0. The van der Waals surface area contributed by atoms with E-state index in [4.69, 9.17) is 5.48 Å². The van der Waals surface area contributed by atoms with Crippen LogP contribution in [0, 0.1) is 6.92 Å². The molecule has 1 aromatic heterocycles. The number of fused-ring (bicyclic) bond motifs is 3. The summed E-state index contributed by atoms with van der Waals surface area (Å²) < 4.78 is 34.9. The van der Waals surface area contributed by atoms with Gasteiger partial charge in [0.25, 0.3) is 0 Å². The van der Waals surface area contributed by atoms with Gasteiger partial charge >= 0.3 is 0 Å². The van der Waals surface area contributed by atoms with Crippen molar-refractivity contribution in [3.05, 3.63) is 77.0 Å². The Labute approximate surface area is 163 Å². The van der Waals surface area contributed by atoms with E-state index >= 15 is 0 Å². The summed E-state index contributed by atoms with van der Waals surface area (Å²) in [6, 6.07) is 16.3. The molecule has 1 unspecified atom stereocenters. The molecule has 3 aromatic rings. The number of aromatic nitrogens is 1. The lowest BCUT2D eigenvalue weighted by molar-refractivity contribution is -0.660. The van der Waals surface area contributed by atoms with Crippen molar-refractivity contribution in [2.45, 2.75) is 45.9 Å². The third-order valence-corrected chi connectivity index (χ3v) is 5.76. The zero-order valence-corrected chi connectivity index (χ0v) is 16.1. The van der Waals surface area contributed by atoms with Gasteiger partial charge in [-0.15, -0.1) is 0 Å². The Balaban J connectivity index is 2.11.